The summed E-state index contributed by atoms with van der Waals surface area (Å²) < 4.78 is 0. The zero-order chi connectivity index (χ0) is 14.7. The molecule has 1 aliphatic carbocycles. The summed E-state index contributed by atoms with van der Waals surface area (Å²) in [6, 6.07) is 9.78. The minimum atomic E-state index is 0.148. The van der Waals surface area contributed by atoms with E-state index in [-0.39, 0.29) is 5.91 Å². The molecule has 1 aromatic heterocycles. The highest BCUT2D eigenvalue weighted by Gasteiger charge is 2.16. The van der Waals surface area contributed by atoms with E-state index in [2.05, 4.69) is 0 Å². The molecule has 0 saturated heterocycles. The molecule has 0 unspecified atom stereocenters. The van der Waals surface area contributed by atoms with Crippen molar-refractivity contribution in [2.45, 2.75) is 38.5 Å². The maximum Gasteiger partial charge on any atom is 0.227 e. The molecule has 4 heteroatoms. The van der Waals surface area contributed by atoms with Crippen LogP contribution < -0.4 is 4.90 Å². The Morgan fingerprint density at radius 2 is 2.00 bits per heavy atom. The molecule has 0 aliphatic heterocycles. The molecule has 0 saturated carbocycles. The molecule has 0 fully saturated rings. The SMILES string of the molecule is CN(C(=O)CCc1nc2c(s1)CCCC2)c1ccccc1. The van der Waals surface area contributed by atoms with Gasteiger partial charge in [-0.15, -0.1) is 11.3 Å². The number of nitrogens with zero attached hydrogens (tertiary/aromatic N) is 2. The maximum absolute atomic E-state index is 12.3. The van der Waals surface area contributed by atoms with Crippen molar-refractivity contribution in [2.24, 2.45) is 0 Å². The van der Waals surface area contributed by atoms with E-state index in [0.29, 0.717) is 6.42 Å². The fourth-order valence-corrected chi connectivity index (χ4v) is 3.85. The first-order valence-corrected chi connectivity index (χ1v) is 8.35. The number of carbonyl (C=O) groups is 1. The summed E-state index contributed by atoms with van der Waals surface area (Å²) in [5.74, 6) is 0.148. The van der Waals surface area contributed by atoms with Gasteiger partial charge in [0, 0.05) is 30.5 Å². The van der Waals surface area contributed by atoms with E-state index < -0.39 is 0 Å². The Bertz CT molecular complexity index is 597. The predicted molar refractivity (Wildman–Crippen MR) is 86.9 cm³/mol. The number of para-hydroxylation sites is 1. The Kier molecular flexibility index (Phi) is 4.34. The first-order chi connectivity index (χ1) is 10.2. The number of fused-ring (bicyclic) bond motifs is 1. The molecule has 1 aliphatic rings. The predicted octanol–water partition coefficient (Wildman–Crippen LogP) is 3.62. The highest BCUT2D eigenvalue weighted by atomic mass is 32.1. The molecule has 110 valence electrons. The first kappa shape index (κ1) is 14.3. The highest BCUT2D eigenvalue weighted by molar-refractivity contribution is 7.11. The molecule has 3 nitrogen and oxygen atoms in total. The Morgan fingerprint density at radius 3 is 2.76 bits per heavy atom. The van der Waals surface area contributed by atoms with Gasteiger partial charge >= 0.3 is 0 Å². The molecule has 0 bridgehead atoms. The van der Waals surface area contributed by atoms with Gasteiger partial charge in [-0.3, -0.25) is 4.79 Å². The lowest BCUT2D eigenvalue weighted by atomic mass is 10.0. The second kappa shape index (κ2) is 6.39. The van der Waals surface area contributed by atoms with Crippen LogP contribution in [-0.4, -0.2) is 17.9 Å². The lowest BCUT2D eigenvalue weighted by Crippen LogP contribution is -2.26. The van der Waals surface area contributed by atoms with Crippen LogP contribution in [0, 0.1) is 0 Å². The van der Waals surface area contributed by atoms with E-state index in [0.717, 1.165) is 23.5 Å². The fraction of sp³-hybridized carbons (Fsp3) is 0.412. The summed E-state index contributed by atoms with van der Waals surface area (Å²) in [5.41, 5.74) is 2.23. The molecular formula is C17H20N2OS. The molecule has 1 aromatic carbocycles. The number of rotatable bonds is 4. The topological polar surface area (TPSA) is 33.2 Å². The zero-order valence-electron chi connectivity index (χ0n) is 12.3. The summed E-state index contributed by atoms with van der Waals surface area (Å²) in [6.07, 6.45) is 6.11. The van der Waals surface area contributed by atoms with Crippen LogP contribution >= 0.6 is 11.3 Å². The van der Waals surface area contributed by atoms with Crippen LogP contribution in [0.3, 0.4) is 0 Å². The van der Waals surface area contributed by atoms with E-state index in [4.69, 9.17) is 4.98 Å². The number of aryl methyl sites for hydroxylation is 3. The quantitative estimate of drug-likeness (QED) is 0.864. The van der Waals surface area contributed by atoms with Crippen LogP contribution in [0.25, 0.3) is 0 Å². The van der Waals surface area contributed by atoms with Crippen molar-refractivity contribution in [3.8, 4) is 0 Å². The standard InChI is InChI=1S/C17H20N2OS/c1-19(13-7-3-2-4-8-13)17(20)12-11-16-18-14-9-5-6-10-15(14)21-16/h2-4,7-8H,5-6,9-12H2,1H3. The van der Waals surface area contributed by atoms with E-state index in [9.17, 15) is 4.79 Å². The van der Waals surface area contributed by atoms with Crippen molar-refractivity contribution in [3.05, 3.63) is 45.9 Å². The summed E-state index contributed by atoms with van der Waals surface area (Å²) in [6.45, 7) is 0. The average Bonchev–Trinajstić information content (AvgIpc) is 2.95. The van der Waals surface area contributed by atoms with Crippen molar-refractivity contribution in [2.75, 3.05) is 11.9 Å². The van der Waals surface area contributed by atoms with Crippen LogP contribution in [0.2, 0.25) is 0 Å². The number of benzene rings is 1. The highest BCUT2D eigenvalue weighted by Crippen LogP contribution is 2.27. The molecular weight excluding hydrogens is 280 g/mol. The number of hydrogen-bond donors (Lipinski definition) is 0. The first-order valence-electron chi connectivity index (χ1n) is 7.53. The van der Waals surface area contributed by atoms with Gasteiger partial charge in [-0.1, -0.05) is 18.2 Å². The Hall–Kier alpha value is -1.68. The number of hydrogen-bond acceptors (Lipinski definition) is 3. The van der Waals surface area contributed by atoms with Crippen LogP contribution in [-0.2, 0) is 24.1 Å². The zero-order valence-corrected chi connectivity index (χ0v) is 13.2. The summed E-state index contributed by atoms with van der Waals surface area (Å²) in [7, 11) is 1.84. The molecule has 21 heavy (non-hydrogen) atoms. The minimum absolute atomic E-state index is 0.148. The molecule has 0 radical (unpaired) electrons. The van der Waals surface area contributed by atoms with E-state index in [1.807, 2.05) is 37.4 Å². The molecule has 1 amide bonds. The Labute approximate surface area is 129 Å². The normalized spacial score (nSPS) is 13.8. The third-order valence-electron chi connectivity index (χ3n) is 3.96. The van der Waals surface area contributed by atoms with Gasteiger partial charge in [-0.25, -0.2) is 4.98 Å². The number of amides is 1. The number of carbonyl (C=O) groups excluding carboxylic acids is 1. The van der Waals surface area contributed by atoms with Gasteiger partial charge in [-0.2, -0.15) is 0 Å². The molecule has 0 N–H and O–H groups in total. The third-order valence-corrected chi connectivity index (χ3v) is 5.18. The minimum Gasteiger partial charge on any atom is -0.315 e. The molecule has 3 rings (SSSR count). The number of anilines is 1. The van der Waals surface area contributed by atoms with Crippen molar-refractivity contribution < 1.29 is 4.79 Å². The number of thiazole rings is 1. The van der Waals surface area contributed by atoms with Gasteiger partial charge in [0.15, 0.2) is 0 Å². The van der Waals surface area contributed by atoms with Crippen molar-refractivity contribution in [1.29, 1.82) is 0 Å². The van der Waals surface area contributed by atoms with Gasteiger partial charge in [0.05, 0.1) is 10.7 Å². The molecule has 0 atom stereocenters. The summed E-state index contributed by atoms with van der Waals surface area (Å²) in [5, 5.41) is 1.12. The summed E-state index contributed by atoms with van der Waals surface area (Å²) in [4.78, 5) is 20.1. The van der Waals surface area contributed by atoms with Crippen molar-refractivity contribution >= 4 is 22.9 Å². The van der Waals surface area contributed by atoms with Gasteiger partial charge in [0.2, 0.25) is 5.91 Å². The van der Waals surface area contributed by atoms with Crippen LogP contribution in [0.15, 0.2) is 30.3 Å². The van der Waals surface area contributed by atoms with E-state index in [1.54, 1.807) is 16.2 Å². The lowest BCUT2D eigenvalue weighted by molar-refractivity contribution is -0.118. The van der Waals surface area contributed by atoms with Crippen molar-refractivity contribution in [1.82, 2.24) is 4.98 Å². The second-order valence-electron chi connectivity index (χ2n) is 5.47. The van der Waals surface area contributed by atoms with Crippen LogP contribution in [0.1, 0.15) is 34.8 Å². The number of aromatic nitrogens is 1. The Morgan fingerprint density at radius 1 is 1.24 bits per heavy atom. The Balaban J connectivity index is 1.59. The van der Waals surface area contributed by atoms with Crippen LogP contribution in [0.4, 0.5) is 5.69 Å². The summed E-state index contributed by atoms with van der Waals surface area (Å²) >= 11 is 1.80. The van der Waals surface area contributed by atoms with Crippen LogP contribution in [0.5, 0.6) is 0 Å². The lowest BCUT2D eigenvalue weighted by Gasteiger charge is -2.16. The smallest absolute Gasteiger partial charge is 0.227 e. The van der Waals surface area contributed by atoms with E-state index >= 15 is 0 Å². The van der Waals surface area contributed by atoms with Crippen molar-refractivity contribution in [3.63, 3.8) is 0 Å². The van der Waals surface area contributed by atoms with Gasteiger partial charge < -0.3 is 4.90 Å². The molecule has 1 heterocycles. The molecule has 0 spiro atoms. The fourth-order valence-electron chi connectivity index (χ4n) is 2.69. The molecule has 2 aromatic rings. The maximum atomic E-state index is 12.3. The van der Waals surface area contributed by atoms with E-state index in [1.165, 1.54) is 29.8 Å². The monoisotopic (exact) mass is 300 g/mol. The van der Waals surface area contributed by atoms with Gasteiger partial charge in [-0.05, 0) is 37.8 Å². The van der Waals surface area contributed by atoms with Gasteiger partial charge in [0.1, 0.15) is 0 Å². The second-order valence-corrected chi connectivity index (χ2v) is 6.64. The largest absolute Gasteiger partial charge is 0.315 e. The van der Waals surface area contributed by atoms with Gasteiger partial charge in [0.25, 0.3) is 0 Å². The average molecular weight is 300 g/mol. The third kappa shape index (κ3) is 3.32.